The molecule has 0 aliphatic carbocycles. The van der Waals surface area contributed by atoms with Crippen molar-refractivity contribution in [1.82, 2.24) is 10.2 Å². The molecule has 186 valence electrons. The maximum absolute atomic E-state index is 13.1. The summed E-state index contributed by atoms with van der Waals surface area (Å²) in [5, 5.41) is 10.4. The summed E-state index contributed by atoms with van der Waals surface area (Å²) in [6.07, 6.45) is 0. The molecule has 0 bridgehead atoms. The van der Waals surface area contributed by atoms with Gasteiger partial charge in [-0.25, -0.2) is 8.42 Å². The molecule has 4 aromatic rings. The number of rotatable bonds is 9. The summed E-state index contributed by atoms with van der Waals surface area (Å²) >= 11 is 0. The van der Waals surface area contributed by atoms with Crippen LogP contribution in [-0.4, -0.2) is 45.3 Å². The van der Waals surface area contributed by atoms with Crippen LogP contribution in [0.3, 0.4) is 0 Å². The minimum Gasteiger partial charge on any atom is -0.496 e. The first-order chi connectivity index (χ1) is 17.4. The van der Waals surface area contributed by atoms with E-state index in [1.54, 1.807) is 49.4 Å². The minimum atomic E-state index is -3.81. The number of sulfonamides is 1. The quantitative estimate of drug-likeness (QED) is 0.356. The van der Waals surface area contributed by atoms with Gasteiger partial charge >= 0.3 is 6.01 Å². The Morgan fingerprint density at radius 1 is 0.917 bits per heavy atom. The van der Waals surface area contributed by atoms with E-state index in [1.807, 2.05) is 6.07 Å². The molecule has 4 rings (SSSR count). The second-order valence-corrected chi connectivity index (χ2v) is 9.30. The van der Waals surface area contributed by atoms with Gasteiger partial charge < -0.3 is 13.9 Å². The lowest BCUT2D eigenvalue weighted by Crippen LogP contribution is -2.30. The van der Waals surface area contributed by atoms with Gasteiger partial charge in [0, 0.05) is 12.1 Å². The summed E-state index contributed by atoms with van der Waals surface area (Å²) in [5.74, 6) is 0.478. The number of anilines is 2. The van der Waals surface area contributed by atoms with Gasteiger partial charge in [-0.2, -0.15) is 0 Å². The van der Waals surface area contributed by atoms with Gasteiger partial charge in [-0.1, -0.05) is 29.4 Å². The molecule has 0 radical (unpaired) electrons. The average Bonchev–Trinajstić information content (AvgIpc) is 3.37. The Labute approximate surface area is 208 Å². The summed E-state index contributed by atoms with van der Waals surface area (Å²) in [5.41, 5.74) is 1.22. The first-order valence-corrected chi connectivity index (χ1v) is 12.4. The SMILES string of the molecule is CCN(c1ccccc1)S(=O)(=O)c1ccc(C(=O)Nc2nnc(-c3c(OC)cccc3OC)o2)cc1. The molecule has 0 aliphatic rings. The number of nitrogens with one attached hydrogen (secondary N) is 1. The average molecular weight is 509 g/mol. The van der Waals surface area contributed by atoms with E-state index in [-0.39, 0.29) is 28.9 Å². The molecule has 10 nitrogen and oxygen atoms in total. The number of carbonyl (C=O) groups is 1. The molecular weight excluding hydrogens is 484 g/mol. The second kappa shape index (κ2) is 10.5. The maximum atomic E-state index is 13.1. The van der Waals surface area contributed by atoms with Crippen molar-refractivity contribution in [3.05, 3.63) is 78.4 Å². The topological polar surface area (TPSA) is 124 Å². The van der Waals surface area contributed by atoms with E-state index in [0.29, 0.717) is 22.7 Å². The van der Waals surface area contributed by atoms with Crippen molar-refractivity contribution < 1.29 is 27.1 Å². The Kier molecular flexibility index (Phi) is 7.20. The number of para-hydroxylation sites is 1. The fourth-order valence-corrected chi connectivity index (χ4v) is 5.07. The van der Waals surface area contributed by atoms with Gasteiger partial charge in [-0.3, -0.25) is 14.4 Å². The van der Waals surface area contributed by atoms with E-state index in [4.69, 9.17) is 13.9 Å². The number of ether oxygens (including phenoxy) is 2. The van der Waals surface area contributed by atoms with Crippen LogP contribution in [0.4, 0.5) is 11.7 Å². The monoisotopic (exact) mass is 508 g/mol. The standard InChI is InChI=1S/C25H24N4O6S/c1-4-29(18-9-6-5-7-10-18)36(31,32)19-15-13-17(14-16-19)23(30)26-25-28-27-24(35-25)22-20(33-2)11-8-12-21(22)34-3/h5-16H,4H2,1-3H3,(H,26,28,30). The molecule has 11 heteroatoms. The number of hydrogen-bond acceptors (Lipinski definition) is 8. The first-order valence-electron chi connectivity index (χ1n) is 10.9. The number of hydrogen-bond donors (Lipinski definition) is 1. The van der Waals surface area contributed by atoms with Crippen molar-refractivity contribution in [1.29, 1.82) is 0 Å². The highest BCUT2D eigenvalue weighted by Crippen LogP contribution is 2.37. The van der Waals surface area contributed by atoms with E-state index in [0.717, 1.165) is 0 Å². The van der Waals surface area contributed by atoms with Crippen LogP contribution in [0.5, 0.6) is 11.5 Å². The van der Waals surface area contributed by atoms with E-state index in [1.165, 1.54) is 42.8 Å². The third kappa shape index (κ3) is 4.86. The molecule has 3 aromatic carbocycles. The summed E-state index contributed by atoms with van der Waals surface area (Å²) in [7, 11) is -0.808. The minimum absolute atomic E-state index is 0.0631. The van der Waals surface area contributed by atoms with Gasteiger partial charge in [0.1, 0.15) is 17.1 Å². The van der Waals surface area contributed by atoms with Crippen LogP contribution >= 0.6 is 0 Å². The summed E-state index contributed by atoms with van der Waals surface area (Å²) in [6, 6.07) is 19.5. The smallest absolute Gasteiger partial charge is 0.322 e. The molecule has 0 aliphatic heterocycles. The molecule has 1 aromatic heterocycles. The summed E-state index contributed by atoms with van der Waals surface area (Å²) < 4.78 is 43.9. The maximum Gasteiger partial charge on any atom is 0.322 e. The summed E-state index contributed by atoms with van der Waals surface area (Å²) in [4.78, 5) is 12.8. The van der Waals surface area contributed by atoms with Crippen LogP contribution in [-0.2, 0) is 10.0 Å². The van der Waals surface area contributed by atoms with Crippen molar-refractivity contribution in [2.24, 2.45) is 0 Å². The largest absolute Gasteiger partial charge is 0.496 e. The van der Waals surface area contributed by atoms with E-state index >= 15 is 0 Å². The molecular formula is C25H24N4O6S. The van der Waals surface area contributed by atoms with Crippen molar-refractivity contribution in [3.63, 3.8) is 0 Å². The third-order valence-corrected chi connectivity index (χ3v) is 7.24. The highest BCUT2D eigenvalue weighted by molar-refractivity contribution is 7.92. The van der Waals surface area contributed by atoms with Gasteiger partial charge in [0.2, 0.25) is 0 Å². The first kappa shape index (κ1) is 24.7. The molecule has 0 fully saturated rings. The van der Waals surface area contributed by atoms with Gasteiger partial charge in [0.05, 0.1) is 24.8 Å². The molecule has 36 heavy (non-hydrogen) atoms. The molecule has 0 atom stereocenters. The second-order valence-electron chi connectivity index (χ2n) is 7.43. The molecule has 1 heterocycles. The van der Waals surface area contributed by atoms with Crippen molar-refractivity contribution in [2.75, 3.05) is 30.4 Å². The van der Waals surface area contributed by atoms with Crippen LogP contribution in [0.25, 0.3) is 11.5 Å². The third-order valence-electron chi connectivity index (χ3n) is 5.32. The molecule has 1 N–H and O–H groups in total. The normalized spacial score (nSPS) is 11.1. The lowest BCUT2D eigenvalue weighted by atomic mass is 10.2. The fourth-order valence-electron chi connectivity index (χ4n) is 3.60. The van der Waals surface area contributed by atoms with E-state index in [2.05, 4.69) is 15.5 Å². The van der Waals surface area contributed by atoms with Gasteiger partial charge in [0.15, 0.2) is 0 Å². The number of amides is 1. The summed E-state index contributed by atoms with van der Waals surface area (Å²) in [6.45, 7) is 2.01. The zero-order valence-corrected chi connectivity index (χ0v) is 20.7. The van der Waals surface area contributed by atoms with Crippen LogP contribution in [0.1, 0.15) is 17.3 Å². The van der Waals surface area contributed by atoms with Gasteiger partial charge in [-0.15, -0.1) is 5.10 Å². The van der Waals surface area contributed by atoms with Crippen LogP contribution in [0.15, 0.2) is 82.1 Å². The number of methoxy groups -OCH3 is 2. The zero-order chi connectivity index (χ0) is 25.7. The fraction of sp³-hybridized carbons (Fsp3) is 0.160. The predicted molar refractivity (Wildman–Crippen MR) is 134 cm³/mol. The zero-order valence-electron chi connectivity index (χ0n) is 19.8. The lowest BCUT2D eigenvalue weighted by Gasteiger charge is -2.22. The highest BCUT2D eigenvalue weighted by atomic mass is 32.2. The lowest BCUT2D eigenvalue weighted by molar-refractivity contribution is 0.102. The Balaban J connectivity index is 1.52. The van der Waals surface area contributed by atoms with Crippen LogP contribution < -0.4 is 19.1 Å². The Morgan fingerprint density at radius 3 is 2.14 bits per heavy atom. The number of benzene rings is 3. The number of carbonyl (C=O) groups excluding carboxylic acids is 1. The Bertz CT molecular complexity index is 1430. The van der Waals surface area contributed by atoms with E-state index in [9.17, 15) is 13.2 Å². The van der Waals surface area contributed by atoms with E-state index < -0.39 is 15.9 Å². The molecule has 0 unspecified atom stereocenters. The molecule has 0 saturated carbocycles. The number of nitrogens with zero attached hydrogens (tertiary/aromatic N) is 3. The highest BCUT2D eigenvalue weighted by Gasteiger charge is 2.24. The molecule has 0 spiro atoms. The Hall–Kier alpha value is -4.38. The van der Waals surface area contributed by atoms with Crippen molar-refractivity contribution in [2.45, 2.75) is 11.8 Å². The van der Waals surface area contributed by atoms with Crippen molar-refractivity contribution >= 4 is 27.6 Å². The molecule has 1 amide bonds. The predicted octanol–water partition coefficient (Wildman–Crippen LogP) is 4.22. The molecule has 0 saturated heterocycles. The number of aromatic nitrogens is 2. The Morgan fingerprint density at radius 2 is 1.56 bits per heavy atom. The van der Waals surface area contributed by atoms with Crippen LogP contribution in [0.2, 0.25) is 0 Å². The van der Waals surface area contributed by atoms with Gasteiger partial charge in [0.25, 0.3) is 21.8 Å². The van der Waals surface area contributed by atoms with Gasteiger partial charge in [-0.05, 0) is 55.5 Å². The van der Waals surface area contributed by atoms with Crippen LogP contribution in [0, 0.1) is 0 Å². The van der Waals surface area contributed by atoms with Crippen molar-refractivity contribution in [3.8, 4) is 23.0 Å².